The van der Waals surface area contributed by atoms with Crippen LogP contribution < -0.4 is 5.32 Å². The molecule has 1 aliphatic rings. The Morgan fingerprint density at radius 1 is 1.21 bits per heavy atom. The fourth-order valence-corrected chi connectivity index (χ4v) is 1.83. The summed E-state index contributed by atoms with van der Waals surface area (Å²) in [5.41, 5.74) is 0. The molecule has 1 unspecified atom stereocenters. The highest BCUT2D eigenvalue weighted by Crippen LogP contribution is 2.07. The summed E-state index contributed by atoms with van der Waals surface area (Å²) in [6.45, 7) is 4.45. The second-order valence-electron chi connectivity index (χ2n) is 4.85. The molecule has 1 heterocycles. The molecule has 0 aromatic heterocycles. The molecule has 0 aromatic rings. The summed E-state index contributed by atoms with van der Waals surface area (Å²) in [5.74, 6) is -0.400. The Labute approximate surface area is 114 Å². The van der Waals surface area contributed by atoms with E-state index in [4.69, 9.17) is 0 Å². The Balaban J connectivity index is 2.07. The van der Waals surface area contributed by atoms with E-state index in [1.165, 1.54) is 17.1 Å². The molecule has 1 atom stereocenters. The van der Waals surface area contributed by atoms with Gasteiger partial charge in [0, 0.05) is 31.2 Å². The molecule has 0 radical (unpaired) electrons. The second kappa shape index (κ2) is 7.71. The summed E-state index contributed by atoms with van der Waals surface area (Å²) in [7, 11) is 0. The zero-order chi connectivity index (χ0) is 14.3. The van der Waals surface area contributed by atoms with Crippen molar-refractivity contribution in [2.45, 2.75) is 52.0 Å². The maximum absolute atomic E-state index is 11.5. The lowest BCUT2D eigenvalue weighted by Crippen LogP contribution is -2.32. The van der Waals surface area contributed by atoms with Gasteiger partial charge >= 0.3 is 0 Å². The van der Waals surface area contributed by atoms with Gasteiger partial charge in [-0.15, -0.1) is 0 Å². The average Bonchev–Trinajstić information content (AvgIpc) is 2.69. The van der Waals surface area contributed by atoms with Crippen molar-refractivity contribution in [3.63, 3.8) is 0 Å². The SMILES string of the molecule is CCC(C)NC(=O)CCCCCN1C(=O)C=CC1=O. The Morgan fingerprint density at radius 2 is 1.84 bits per heavy atom. The zero-order valence-electron chi connectivity index (χ0n) is 11.6. The third kappa shape index (κ3) is 5.24. The highest BCUT2D eigenvalue weighted by molar-refractivity contribution is 6.12. The van der Waals surface area contributed by atoms with Crippen LogP contribution in [0.4, 0.5) is 0 Å². The highest BCUT2D eigenvalue weighted by Gasteiger charge is 2.22. The van der Waals surface area contributed by atoms with Gasteiger partial charge in [-0.05, 0) is 26.2 Å². The summed E-state index contributed by atoms with van der Waals surface area (Å²) in [4.78, 5) is 35.3. The smallest absolute Gasteiger partial charge is 0.253 e. The molecule has 5 heteroatoms. The first kappa shape index (κ1) is 15.4. The first-order valence-electron chi connectivity index (χ1n) is 6.87. The normalized spacial score (nSPS) is 16.0. The van der Waals surface area contributed by atoms with Crippen LogP contribution >= 0.6 is 0 Å². The van der Waals surface area contributed by atoms with Crippen LogP contribution in [0.2, 0.25) is 0 Å². The van der Waals surface area contributed by atoms with Gasteiger partial charge in [-0.25, -0.2) is 0 Å². The number of unbranched alkanes of at least 4 members (excludes halogenated alkanes) is 2. The first-order chi connectivity index (χ1) is 9.04. The third-order valence-electron chi connectivity index (χ3n) is 3.21. The predicted molar refractivity (Wildman–Crippen MR) is 72.2 cm³/mol. The maximum atomic E-state index is 11.5. The Morgan fingerprint density at radius 3 is 2.42 bits per heavy atom. The molecule has 0 spiro atoms. The van der Waals surface area contributed by atoms with Gasteiger partial charge in [-0.3, -0.25) is 19.3 Å². The van der Waals surface area contributed by atoms with Gasteiger partial charge in [0.05, 0.1) is 0 Å². The molecule has 0 bridgehead atoms. The number of carbonyl (C=O) groups is 3. The van der Waals surface area contributed by atoms with E-state index in [-0.39, 0.29) is 23.8 Å². The molecule has 0 aromatic carbocycles. The van der Waals surface area contributed by atoms with Gasteiger partial charge in [0.25, 0.3) is 11.8 Å². The molecule has 5 nitrogen and oxygen atoms in total. The number of nitrogens with one attached hydrogen (secondary N) is 1. The minimum absolute atomic E-state index is 0.0735. The number of hydrogen-bond acceptors (Lipinski definition) is 3. The number of amides is 3. The molecule has 0 saturated heterocycles. The van der Waals surface area contributed by atoms with Crippen molar-refractivity contribution >= 4 is 17.7 Å². The zero-order valence-corrected chi connectivity index (χ0v) is 11.6. The van der Waals surface area contributed by atoms with E-state index in [2.05, 4.69) is 5.32 Å². The first-order valence-corrected chi connectivity index (χ1v) is 6.87. The maximum Gasteiger partial charge on any atom is 0.253 e. The topological polar surface area (TPSA) is 66.5 Å². The van der Waals surface area contributed by atoms with Crippen LogP contribution in [0.15, 0.2) is 12.2 Å². The van der Waals surface area contributed by atoms with Crippen LogP contribution in [0, 0.1) is 0 Å². The number of imide groups is 1. The van der Waals surface area contributed by atoms with E-state index in [0.29, 0.717) is 13.0 Å². The van der Waals surface area contributed by atoms with Crippen molar-refractivity contribution in [2.75, 3.05) is 6.54 Å². The number of nitrogens with zero attached hydrogens (tertiary/aromatic N) is 1. The number of rotatable bonds is 8. The lowest BCUT2D eigenvalue weighted by atomic mass is 10.1. The number of carbonyl (C=O) groups excluding carboxylic acids is 3. The molecule has 0 aliphatic carbocycles. The molecular weight excluding hydrogens is 244 g/mol. The summed E-state index contributed by atoms with van der Waals surface area (Å²) in [6.07, 6.45) is 6.39. The van der Waals surface area contributed by atoms with Crippen molar-refractivity contribution < 1.29 is 14.4 Å². The molecule has 0 saturated carbocycles. The van der Waals surface area contributed by atoms with Crippen LogP contribution in [0.5, 0.6) is 0 Å². The van der Waals surface area contributed by atoms with Gasteiger partial charge < -0.3 is 5.32 Å². The standard InChI is InChI=1S/C14H22N2O3/c1-3-11(2)15-12(17)7-5-4-6-10-16-13(18)8-9-14(16)19/h8-9,11H,3-7,10H2,1-2H3,(H,15,17). The molecule has 19 heavy (non-hydrogen) atoms. The molecule has 3 amide bonds. The monoisotopic (exact) mass is 266 g/mol. The van der Waals surface area contributed by atoms with E-state index in [0.717, 1.165) is 25.7 Å². The Bertz CT molecular complexity index is 359. The highest BCUT2D eigenvalue weighted by atomic mass is 16.2. The van der Waals surface area contributed by atoms with Gasteiger partial charge in [0.15, 0.2) is 0 Å². The average molecular weight is 266 g/mol. The van der Waals surface area contributed by atoms with E-state index in [1.54, 1.807) is 0 Å². The van der Waals surface area contributed by atoms with Crippen molar-refractivity contribution in [3.8, 4) is 0 Å². The molecule has 0 fully saturated rings. The van der Waals surface area contributed by atoms with Gasteiger partial charge in [0.2, 0.25) is 5.91 Å². The van der Waals surface area contributed by atoms with Crippen LogP contribution in [0.25, 0.3) is 0 Å². The minimum atomic E-state index is -0.237. The third-order valence-corrected chi connectivity index (χ3v) is 3.21. The van der Waals surface area contributed by atoms with Crippen LogP contribution in [0.3, 0.4) is 0 Å². The quantitative estimate of drug-likeness (QED) is 0.533. The molecule has 1 aliphatic heterocycles. The summed E-state index contributed by atoms with van der Waals surface area (Å²) in [6, 6.07) is 0.221. The van der Waals surface area contributed by atoms with E-state index >= 15 is 0 Å². The van der Waals surface area contributed by atoms with E-state index < -0.39 is 0 Å². The van der Waals surface area contributed by atoms with Gasteiger partial charge in [-0.2, -0.15) is 0 Å². The van der Waals surface area contributed by atoms with Gasteiger partial charge in [-0.1, -0.05) is 13.3 Å². The van der Waals surface area contributed by atoms with Crippen LogP contribution in [0.1, 0.15) is 46.0 Å². The predicted octanol–water partition coefficient (Wildman–Crippen LogP) is 1.39. The molecule has 106 valence electrons. The van der Waals surface area contributed by atoms with Gasteiger partial charge in [0.1, 0.15) is 0 Å². The molecular formula is C14H22N2O3. The van der Waals surface area contributed by atoms with E-state index in [9.17, 15) is 14.4 Å². The number of hydrogen-bond donors (Lipinski definition) is 1. The summed E-state index contributed by atoms with van der Waals surface area (Å²) < 4.78 is 0. The van der Waals surface area contributed by atoms with Crippen LogP contribution in [-0.4, -0.2) is 35.2 Å². The van der Waals surface area contributed by atoms with Crippen molar-refractivity contribution in [2.24, 2.45) is 0 Å². The van der Waals surface area contributed by atoms with Crippen molar-refractivity contribution in [1.29, 1.82) is 0 Å². The summed E-state index contributed by atoms with van der Waals surface area (Å²) >= 11 is 0. The largest absolute Gasteiger partial charge is 0.354 e. The second-order valence-corrected chi connectivity index (χ2v) is 4.85. The lowest BCUT2D eigenvalue weighted by molar-refractivity contribution is -0.137. The van der Waals surface area contributed by atoms with Crippen LogP contribution in [-0.2, 0) is 14.4 Å². The molecule has 1 rings (SSSR count). The Kier molecular flexibility index (Phi) is 6.25. The lowest BCUT2D eigenvalue weighted by Gasteiger charge is -2.13. The molecule has 1 N–H and O–H groups in total. The van der Waals surface area contributed by atoms with Crippen molar-refractivity contribution in [3.05, 3.63) is 12.2 Å². The van der Waals surface area contributed by atoms with Crippen molar-refractivity contribution in [1.82, 2.24) is 10.2 Å². The fourth-order valence-electron chi connectivity index (χ4n) is 1.83. The van der Waals surface area contributed by atoms with E-state index in [1.807, 2.05) is 13.8 Å². The Hall–Kier alpha value is -1.65. The minimum Gasteiger partial charge on any atom is -0.354 e. The summed E-state index contributed by atoms with van der Waals surface area (Å²) in [5, 5.41) is 2.91. The fraction of sp³-hybridized carbons (Fsp3) is 0.643.